The van der Waals surface area contributed by atoms with Gasteiger partial charge in [-0.25, -0.2) is 0 Å². The molecule has 0 atom stereocenters. The Balaban J connectivity index is 1.80. The number of rotatable bonds is 26. The normalized spacial score (nSPS) is 12.8. The molecule has 0 aromatic heterocycles. The zero-order valence-electron chi connectivity index (χ0n) is 40.1. The van der Waals surface area contributed by atoms with Crippen LogP contribution in [-0.4, -0.2) is 18.1 Å². The maximum Gasteiger partial charge on any atom is 0.228 e. The molecule has 0 heterocycles. The first-order chi connectivity index (χ1) is 28.1. The van der Waals surface area contributed by atoms with Gasteiger partial charge in [-0.2, -0.15) is 0 Å². The second-order valence-corrected chi connectivity index (χ2v) is 26.0. The molecule has 0 aliphatic rings. The highest BCUT2D eigenvalue weighted by atomic mass is 28.4. The summed E-state index contributed by atoms with van der Waals surface area (Å²) in [6.07, 6.45) is 20.3. The molecule has 59 heavy (non-hydrogen) atoms. The Morgan fingerprint density at radius 1 is 0.305 bits per heavy atom. The number of unbranched alkanes of at least 4 members (excludes halogenated alkanes) is 8. The molecule has 0 bridgehead atoms. The number of hydrogen-bond donors (Lipinski definition) is 0. The Labute approximate surface area is 368 Å². The molecule has 0 aliphatic heterocycles. The summed E-state index contributed by atoms with van der Waals surface area (Å²) in [5.74, 6) is 0. The van der Waals surface area contributed by atoms with E-state index in [0.717, 1.165) is 0 Å². The molecule has 0 saturated carbocycles. The third-order valence-electron chi connectivity index (χ3n) is 13.9. The van der Waals surface area contributed by atoms with E-state index in [1.165, 1.54) is 146 Å². The molecule has 324 valence electrons. The molecule has 4 rings (SSSR count). The average molecular weight is 831 g/mol. The second-order valence-electron chi connectivity index (χ2n) is 20.7. The lowest BCUT2D eigenvalue weighted by atomic mass is 9.80. The van der Waals surface area contributed by atoms with E-state index in [9.17, 15) is 0 Å². The van der Waals surface area contributed by atoms with E-state index in [-0.39, 0.29) is 21.7 Å². The summed E-state index contributed by atoms with van der Waals surface area (Å²) in [4.78, 5) is 0. The predicted octanol–water partition coefficient (Wildman–Crippen LogP) is 13.5. The molecule has 0 fully saturated rings. The fourth-order valence-corrected chi connectivity index (χ4v) is 15.7. The highest BCUT2D eigenvalue weighted by Crippen LogP contribution is 2.32. The van der Waals surface area contributed by atoms with Gasteiger partial charge in [0.1, 0.15) is 0 Å². The smallest absolute Gasteiger partial charge is 0.228 e. The van der Waals surface area contributed by atoms with Gasteiger partial charge in [0.05, 0.1) is 0 Å². The summed E-state index contributed by atoms with van der Waals surface area (Å²) >= 11 is 0. The fraction of sp³-hybridized carbons (Fsp3) is 0.571. The highest BCUT2D eigenvalue weighted by molar-refractivity contribution is 6.91. The topological polar surface area (TPSA) is 9.23 Å². The van der Waals surface area contributed by atoms with Gasteiger partial charge >= 0.3 is 0 Å². The Morgan fingerprint density at radius 3 is 0.661 bits per heavy atom. The van der Waals surface area contributed by atoms with Gasteiger partial charge < -0.3 is 4.12 Å². The van der Waals surface area contributed by atoms with Crippen molar-refractivity contribution in [3.05, 3.63) is 119 Å². The summed E-state index contributed by atoms with van der Waals surface area (Å²) in [6, 6.07) is 38.9. The minimum Gasteiger partial charge on any atom is -0.446 e. The summed E-state index contributed by atoms with van der Waals surface area (Å²) in [7, 11) is -4.24. The molecule has 0 radical (unpaired) electrons. The molecule has 3 heteroatoms. The van der Waals surface area contributed by atoms with Gasteiger partial charge in [-0.05, 0) is 90.3 Å². The second kappa shape index (κ2) is 22.9. The van der Waals surface area contributed by atoms with Crippen molar-refractivity contribution in [1.29, 1.82) is 0 Å². The number of benzene rings is 4. The molecule has 0 spiro atoms. The van der Waals surface area contributed by atoms with Crippen molar-refractivity contribution in [1.82, 2.24) is 0 Å². The largest absolute Gasteiger partial charge is 0.446 e. The molecular weight excluding hydrogens is 745 g/mol. The lowest BCUT2D eigenvalue weighted by Crippen LogP contribution is -2.56. The predicted molar refractivity (Wildman–Crippen MR) is 268 cm³/mol. The van der Waals surface area contributed by atoms with Gasteiger partial charge in [0.2, 0.25) is 18.1 Å². The first-order valence-electron chi connectivity index (χ1n) is 24.2. The van der Waals surface area contributed by atoms with Crippen LogP contribution in [0.4, 0.5) is 0 Å². The van der Waals surface area contributed by atoms with Crippen molar-refractivity contribution >= 4 is 38.8 Å². The molecule has 0 N–H and O–H groups in total. The monoisotopic (exact) mass is 831 g/mol. The van der Waals surface area contributed by atoms with Gasteiger partial charge in [-0.1, -0.05) is 257 Å². The quantitative estimate of drug-likeness (QED) is 0.0452. The van der Waals surface area contributed by atoms with Crippen molar-refractivity contribution in [2.75, 3.05) is 0 Å². The van der Waals surface area contributed by atoms with E-state index >= 15 is 0 Å². The molecule has 0 aliphatic carbocycles. The summed E-state index contributed by atoms with van der Waals surface area (Å²) in [5.41, 5.74) is 6.40. The van der Waals surface area contributed by atoms with E-state index in [0.29, 0.717) is 0 Å². The summed E-state index contributed by atoms with van der Waals surface area (Å²) in [5, 5.41) is 5.53. The van der Waals surface area contributed by atoms with Crippen molar-refractivity contribution in [3.8, 4) is 0 Å². The van der Waals surface area contributed by atoms with Gasteiger partial charge in [0.15, 0.2) is 0 Å². The van der Waals surface area contributed by atoms with Crippen LogP contribution in [0.15, 0.2) is 97.1 Å². The maximum atomic E-state index is 7.89. The van der Waals surface area contributed by atoms with E-state index in [4.69, 9.17) is 4.12 Å². The Morgan fingerprint density at radius 2 is 0.492 bits per heavy atom. The molecule has 4 aromatic carbocycles. The zero-order chi connectivity index (χ0) is 43.1. The van der Waals surface area contributed by atoms with Crippen LogP contribution in [0.5, 0.6) is 0 Å². The molecular formula is C56H86OSi2. The van der Waals surface area contributed by atoms with Crippen LogP contribution in [0.1, 0.15) is 208 Å². The van der Waals surface area contributed by atoms with Crippen molar-refractivity contribution in [3.63, 3.8) is 0 Å². The summed E-state index contributed by atoms with van der Waals surface area (Å²) < 4.78 is 7.89. The minimum absolute atomic E-state index is 0.159. The van der Waals surface area contributed by atoms with E-state index in [1.54, 1.807) is 0 Å². The van der Waals surface area contributed by atoms with Crippen LogP contribution in [0.2, 0.25) is 0 Å². The Hall–Kier alpha value is -2.73. The van der Waals surface area contributed by atoms with Crippen molar-refractivity contribution in [2.45, 2.75) is 207 Å². The van der Waals surface area contributed by atoms with E-state index in [2.05, 4.69) is 180 Å². The zero-order valence-corrected chi connectivity index (χ0v) is 42.4. The molecule has 4 aromatic rings. The lowest BCUT2D eigenvalue weighted by molar-refractivity contribution is 0.450. The highest BCUT2D eigenvalue weighted by Gasteiger charge is 2.30. The maximum absolute atomic E-state index is 7.89. The third kappa shape index (κ3) is 14.2. The van der Waals surface area contributed by atoms with Crippen LogP contribution in [0.25, 0.3) is 0 Å². The minimum atomic E-state index is -2.12. The molecule has 0 saturated heterocycles. The molecule has 0 amide bonds. The first-order valence-corrected chi connectivity index (χ1v) is 27.4. The Kier molecular flexibility index (Phi) is 19.0. The van der Waals surface area contributed by atoms with Gasteiger partial charge in [0, 0.05) is 0 Å². The van der Waals surface area contributed by atoms with Crippen molar-refractivity contribution < 1.29 is 4.12 Å². The van der Waals surface area contributed by atoms with Gasteiger partial charge in [-0.15, -0.1) is 0 Å². The third-order valence-corrected chi connectivity index (χ3v) is 20.0. The lowest BCUT2D eigenvalue weighted by Gasteiger charge is -2.30. The van der Waals surface area contributed by atoms with E-state index < -0.39 is 18.1 Å². The van der Waals surface area contributed by atoms with E-state index in [1.807, 2.05) is 0 Å². The molecule has 0 unspecified atom stereocenters. The SMILES string of the molecule is CCCCCC(C)(C)c1ccc([SiH](O[SiH](c2ccc(C(C)(C)CCCCC)cc2)c2ccc(C(C)(C)CCCCC)cc2)c2ccc(C(C)(C)CCCCC)cc2)cc1. The van der Waals surface area contributed by atoms with Gasteiger partial charge in [0.25, 0.3) is 0 Å². The molecule has 1 nitrogen and oxygen atoms in total. The number of hydrogen-bond acceptors (Lipinski definition) is 1. The standard InChI is InChI=1S/C56H86OSi2/c1-13-17-21-41-53(5,6)45-25-33-49(34-26-45)58(50-35-27-46(28-36-50)54(7,8)42-22-18-14-2)57-59(51-37-29-47(30-38-51)55(9,10)43-23-19-15-3)52-39-31-48(32-40-52)56(11,12)44-24-20-16-4/h25-40,58-59H,13-24,41-44H2,1-12H3. The van der Waals surface area contributed by atoms with Crippen LogP contribution in [-0.2, 0) is 25.8 Å². The van der Waals surface area contributed by atoms with Crippen LogP contribution >= 0.6 is 0 Å². The van der Waals surface area contributed by atoms with Crippen molar-refractivity contribution in [2.24, 2.45) is 0 Å². The summed E-state index contributed by atoms with van der Waals surface area (Å²) in [6.45, 7) is 28.6. The fourth-order valence-electron chi connectivity index (χ4n) is 9.12. The van der Waals surface area contributed by atoms with Crippen LogP contribution < -0.4 is 20.7 Å². The van der Waals surface area contributed by atoms with Crippen LogP contribution in [0.3, 0.4) is 0 Å². The van der Waals surface area contributed by atoms with Crippen LogP contribution in [0, 0.1) is 0 Å². The van der Waals surface area contributed by atoms with Gasteiger partial charge in [-0.3, -0.25) is 0 Å². The average Bonchev–Trinajstić information content (AvgIpc) is 3.22. The first kappa shape index (κ1) is 48.9. The Bertz CT molecular complexity index is 1500.